The summed E-state index contributed by atoms with van der Waals surface area (Å²) in [6, 6.07) is 12.6. The van der Waals surface area contributed by atoms with E-state index in [2.05, 4.69) is 35.1 Å². The predicted molar refractivity (Wildman–Crippen MR) is 86.9 cm³/mol. The van der Waals surface area contributed by atoms with Crippen molar-refractivity contribution in [1.82, 2.24) is 4.98 Å². The zero-order chi connectivity index (χ0) is 15.9. The Hall–Kier alpha value is -2.87. The summed E-state index contributed by atoms with van der Waals surface area (Å²) < 4.78 is 0. The van der Waals surface area contributed by atoms with E-state index in [1.54, 1.807) is 36.5 Å². The maximum Gasteiger partial charge on any atom is 0.274 e. The lowest BCUT2D eigenvalue weighted by atomic mass is 10.2. The van der Waals surface area contributed by atoms with Gasteiger partial charge in [-0.15, -0.1) is 0 Å². The Labute approximate surface area is 130 Å². The molecular formula is C17H18N4O. The summed E-state index contributed by atoms with van der Waals surface area (Å²) in [5, 5.41) is 11.8. The molecule has 0 atom stereocenters. The molecule has 5 nitrogen and oxygen atoms in total. The third-order valence-corrected chi connectivity index (χ3v) is 3.40. The van der Waals surface area contributed by atoms with Crippen LogP contribution < -0.4 is 10.2 Å². The summed E-state index contributed by atoms with van der Waals surface area (Å²) in [7, 11) is 0. The van der Waals surface area contributed by atoms with E-state index in [-0.39, 0.29) is 5.91 Å². The van der Waals surface area contributed by atoms with Gasteiger partial charge in [-0.1, -0.05) is 12.1 Å². The van der Waals surface area contributed by atoms with Gasteiger partial charge in [-0.3, -0.25) is 9.78 Å². The first-order chi connectivity index (χ1) is 10.7. The molecule has 0 aliphatic rings. The second-order valence-electron chi connectivity index (χ2n) is 4.68. The van der Waals surface area contributed by atoms with Crippen LogP contribution in [0.3, 0.4) is 0 Å². The standard InChI is InChI=1S/C17H18N4O/c1-3-21(4-2)14-9-10-19-16(11-14)17(22)20-15-8-6-5-7-13(15)12-18/h5-11H,3-4H2,1-2H3,(H,20,22). The minimum atomic E-state index is -0.322. The number of nitrogens with zero attached hydrogens (tertiary/aromatic N) is 3. The molecule has 2 aromatic rings. The minimum Gasteiger partial charge on any atom is -0.372 e. The molecule has 1 amide bonds. The lowest BCUT2D eigenvalue weighted by molar-refractivity contribution is 0.102. The summed E-state index contributed by atoms with van der Waals surface area (Å²) in [6.45, 7) is 5.84. The summed E-state index contributed by atoms with van der Waals surface area (Å²) in [5.74, 6) is -0.322. The van der Waals surface area contributed by atoms with Crippen LogP contribution in [0.5, 0.6) is 0 Å². The van der Waals surface area contributed by atoms with Crippen LogP contribution in [0.15, 0.2) is 42.6 Å². The first-order valence-electron chi connectivity index (χ1n) is 7.21. The molecule has 0 radical (unpaired) electrons. The molecule has 0 aliphatic carbocycles. The van der Waals surface area contributed by atoms with Crippen molar-refractivity contribution in [2.45, 2.75) is 13.8 Å². The Morgan fingerprint density at radius 1 is 1.27 bits per heavy atom. The fourth-order valence-electron chi connectivity index (χ4n) is 2.20. The van der Waals surface area contributed by atoms with E-state index in [1.165, 1.54) is 0 Å². The van der Waals surface area contributed by atoms with Gasteiger partial charge < -0.3 is 10.2 Å². The molecule has 5 heteroatoms. The zero-order valence-corrected chi connectivity index (χ0v) is 12.7. The lowest BCUT2D eigenvalue weighted by Gasteiger charge is -2.21. The fourth-order valence-corrected chi connectivity index (χ4v) is 2.20. The Morgan fingerprint density at radius 3 is 2.68 bits per heavy atom. The van der Waals surface area contributed by atoms with Gasteiger partial charge in [-0.05, 0) is 38.1 Å². The van der Waals surface area contributed by atoms with Crippen molar-refractivity contribution in [2.24, 2.45) is 0 Å². The monoisotopic (exact) mass is 294 g/mol. The average molecular weight is 294 g/mol. The fraction of sp³-hybridized carbons (Fsp3) is 0.235. The molecule has 0 spiro atoms. The molecule has 0 saturated heterocycles. The molecule has 1 N–H and O–H groups in total. The van der Waals surface area contributed by atoms with Gasteiger partial charge in [0.1, 0.15) is 11.8 Å². The van der Waals surface area contributed by atoms with E-state index in [1.807, 2.05) is 6.07 Å². The second kappa shape index (κ2) is 7.23. The number of carbonyl (C=O) groups is 1. The molecule has 1 aromatic carbocycles. The number of nitriles is 1. The third kappa shape index (κ3) is 3.41. The van der Waals surface area contributed by atoms with Crippen LogP contribution in [0, 0.1) is 11.3 Å². The largest absolute Gasteiger partial charge is 0.372 e. The van der Waals surface area contributed by atoms with E-state index in [9.17, 15) is 4.79 Å². The first kappa shape index (κ1) is 15.5. The molecule has 22 heavy (non-hydrogen) atoms. The molecule has 0 fully saturated rings. The quantitative estimate of drug-likeness (QED) is 0.920. The normalized spacial score (nSPS) is 9.86. The van der Waals surface area contributed by atoms with Gasteiger partial charge >= 0.3 is 0 Å². The van der Waals surface area contributed by atoms with Gasteiger partial charge in [0, 0.05) is 25.0 Å². The van der Waals surface area contributed by atoms with Gasteiger partial charge in [0.05, 0.1) is 11.3 Å². The van der Waals surface area contributed by atoms with Crippen molar-refractivity contribution in [3.8, 4) is 6.07 Å². The van der Waals surface area contributed by atoms with Crippen molar-refractivity contribution in [2.75, 3.05) is 23.3 Å². The molecule has 112 valence electrons. The van der Waals surface area contributed by atoms with E-state index in [0.29, 0.717) is 16.9 Å². The number of hydrogen-bond donors (Lipinski definition) is 1. The summed E-state index contributed by atoms with van der Waals surface area (Å²) in [4.78, 5) is 18.6. The highest BCUT2D eigenvalue weighted by molar-refractivity contribution is 6.04. The van der Waals surface area contributed by atoms with Gasteiger partial charge in [0.15, 0.2) is 0 Å². The highest BCUT2D eigenvalue weighted by Crippen LogP contribution is 2.17. The van der Waals surface area contributed by atoms with Crippen LogP contribution in [0.2, 0.25) is 0 Å². The van der Waals surface area contributed by atoms with Crippen LogP contribution in [-0.4, -0.2) is 24.0 Å². The van der Waals surface area contributed by atoms with Gasteiger partial charge in [-0.2, -0.15) is 5.26 Å². The van der Waals surface area contributed by atoms with Crippen LogP contribution in [0.25, 0.3) is 0 Å². The maximum absolute atomic E-state index is 12.3. The van der Waals surface area contributed by atoms with Crippen molar-refractivity contribution >= 4 is 17.3 Å². The molecule has 1 heterocycles. The van der Waals surface area contributed by atoms with E-state index >= 15 is 0 Å². The molecule has 0 unspecified atom stereocenters. The number of para-hydroxylation sites is 1. The van der Waals surface area contributed by atoms with Crippen molar-refractivity contribution in [3.05, 3.63) is 53.9 Å². The molecule has 0 bridgehead atoms. The number of rotatable bonds is 5. The Morgan fingerprint density at radius 2 is 2.00 bits per heavy atom. The predicted octanol–water partition coefficient (Wildman–Crippen LogP) is 3.05. The van der Waals surface area contributed by atoms with Crippen LogP contribution in [0.1, 0.15) is 29.9 Å². The smallest absolute Gasteiger partial charge is 0.274 e. The lowest BCUT2D eigenvalue weighted by Crippen LogP contribution is -2.23. The van der Waals surface area contributed by atoms with Crippen LogP contribution >= 0.6 is 0 Å². The molecule has 0 aliphatic heterocycles. The Balaban J connectivity index is 2.23. The number of benzene rings is 1. The van der Waals surface area contributed by atoms with Gasteiger partial charge in [-0.25, -0.2) is 0 Å². The molecular weight excluding hydrogens is 276 g/mol. The second-order valence-corrected chi connectivity index (χ2v) is 4.68. The van der Waals surface area contributed by atoms with Gasteiger partial charge in [0.2, 0.25) is 0 Å². The number of aromatic nitrogens is 1. The average Bonchev–Trinajstić information content (AvgIpc) is 2.57. The molecule has 2 rings (SSSR count). The Bertz CT molecular complexity index is 702. The number of anilines is 2. The Kier molecular flexibility index (Phi) is 5.10. The van der Waals surface area contributed by atoms with E-state index < -0.39 is 0 Å². The first-order valence-corrected chi connectivity index (χ1v) is 7.21. The van der Waals surface area contributed by atoms with Crippen LogP contribution in [0.4, 0.5) is 11.4 Å². The van der Waals surface area contributed by atoms with Crippen LogP contribution in [-0.2, 0) is 0 Å². The maximum atomic E-state index is 12.3. The summed E-state index contributed by atoms with van der Waals surface area (Å²) >= 11 is 0. The van der Waals surface area contributed by atoms with E-state index in [4.69, 9.17) is 5.26 Å². The number of hydrogen-bond acceptors (Lipinski definition) is 4. The van der Waals surface area contributed by atoms with E-state index in [0.717, 1.165) is 18.8 Å². The summed E-state index contributed by atoms with van der Waals surface area (Å²) in [6.07, 6.45) is 1.62. The van der Waals surface area contributed by atoms with Crippen molar-refractivity contribution in [3.63, 3.8) is 0 Å². The SMILES string of the molecule is CCN(CC)c1ccnc(C(=O)Nc2ccccc2C#N)c1. The number of nitrogens with one attached hydrogen (secondary N) is 1. The molecule has 1 aromatic heterocycles. The highest BCUT2D eigenvalue weighted by Gasteiger charge is 2.12. The third-order valence-electron chi connectivity index (χ3n) is 3.40. The molecule has 0 saturated carbocycles. The van der Waals surface area contributed by atoms with Crippen molar-refractivity contribution < 1.29 is 4.79 Å². The number of carbonyl (C=O) groups excluding carboxylic acids is 1. The zero-order valence-electron chi connectivity index (χ0n) is 12.7. The summed E-state index contributed by atoms with van der Waals surface area (Å²) in [5.41, 5.74) is 2.21. The topological polar surface area (TPSA) is 69.0 Å². The highest BCUT2D eigenvalue weighted by atomic mass is 16.1. The van der Waals surface area contributed by atoms with Gasteiger partial charge in [0.25, 0.3) is 5.91 Å². The number of amides is 1. The number of pyridine rings is 1. The minimum absolute atomic E-state index is 0.322. The van der Waals surface area contributed by atoms with Crippen molar-refractivity contribution in [1.29, 1.82) is 5.26 Å².